The van der Waals surface area contributed by atoms with Gasteiger partial charge in [0.1, 0.15) is 0 Å². The highest BCUT2D eigenvalue weighted by Gasteiger charge is 2.43. The van der Waals surface area contributed by atoms with Crippen molar-refractivity contribution in [2.24, 2.45) is 0 Å². The molecule has 1 spiro atoms. The fraction of sp³-hybridized carbons (Fsp3) is 0.500. The monoisotopic (exact) mass is 300 g/mol. The minimum Gasteiger partial charge on any atom is -0.367 e. The summed E-state index contributed by atoms with van der Waals surface area (Å²) in [6.07, 6.45) is 2.73. The molecule has 2 fully saturated rings. The molecule has 2 aliphatic heterocycles. The highest BCUT2D eigenvalue weighted by molar-refractivity contribution is 6.06. The van der Waals surface area contributed by atoms with Gasteiger partial charge in [-0.25, -0.2) is 0 Å². The molecule has 4 rings (SSSR count). The van der Waals surface area contributed by atoms with Gasteiger partial charge in [0.25, 0.3) is 5.91 Å². The van der Waals surface area contributed by atoms with Crippen LogP contribution in [0.5, 0.6) is 0 Å². The molecule has 3 heterocycles. The number of H-pyrrole nitrogens is 1. The minimum atomic E-state index is -0.225. The summed E-state index contributed by atoms with van der Waals surface area (Å²) in [7, 11) is 0. The number of carbonyl (C=O) groups excluding carboxylic acids is 1. The van der Waals surface area contributed by atoms with E-state index >= 15 is 0 Å². The van der Waals surface area contributed by atoms with E-state index in [0.717, 1.165) is 30.4 Å². The van der Waals surface area contributed by atoms with E-state index in [4.69, 9.17) is 4.74 Å². The number of fused-ring (bicyclic) bond motifs is 1. The number of nitrogens with zero attached hydrogens (tertiary/aromatic N) is 2. The Labute approximate surface area is 128 Å². The summed E-state index contributed by atoms with van der Waals surface area (Å²) in [5.74, 6) is 0.0634. The minimum absolute atomic E-state index is 0.0566. The molecule has 2 N–H and O–H groups in total. The zero-order valence-corrected chi connectivity index (χ0v) is 12.6. The lowest BCUT2D eigenvalue weighted by Crippen LogP contribution is -2.57. The number of nitrogens with one attached hydrogen (secondary N) is 2. The van der Waals surface area contributed by atoms with E-state index in [9.17, 15) is 4.79 Å². The second kappa shape index (κ2) is 5.07. The molecule has 116 valence electrons. The lowest BCUT2D eigenvalue weighted by Gasteiger charge is -2.43. The second-order valence-corrected chi connectivity index (χ2v) is 6.36. The van der Waals surface area contributed by atoms with Crippen LogP contribution in [-0.4, -0.2) is 58.9 Å². The molecule has 6 heteroatoms. The van der Waals surface area contributed by atoms with Crippen molar-refractivity contribution in [1.29, 1.82) is 0 Å². The van der Waals surface area contributed by atoms with Crippen LogP contribution in [0.25, 0.3) is 10.9 Å². The lowest BCUT2D eigenvalue weighted by molar-refractivity contribution is -0.127. The standard InChI is InChI=1S/C16H20N4O2/c1-11-8-20(10-16(22-11)5-6-17-9-16)15(21)12-3-2-4-14-13(12)7-18-19-14/h2-4,7,11,17H,5-6,8-10H2,1H3,(H,18,19). The van der Waals surface area contributed by atoms with Crippen LogP contribution in [0.2, 0.25) is 0 Å². The zero-order valence-electron chi connectivity index (χ0n) is 12.6. The molecule has 22 heavy (non-hydrogen) atoms. The maximum atomic E-state index is 13.0. The van der Waals surface area contributed by atoms with Crippen LogP contribution in [-0.2, 0) is 4.74 Å². The van der Waals surface area contributed by atoms with Crippen molar-refractivity contribution in [1.82, 2.24) is 20.4 Å². The zero-order chi connectivity index (χ0) is 15.2. The molecule has 2 unspecified atom stereocenters. The third-order valence-corrected chi connectivity index (χ3v) is 4.61. The molecule has 1 aromatic carbocycles. The Bertz CT molecular complexity index is 705. The number of rotatable bonds is 1. The van der Waals surface area contributed by atoms with Crippen molar-refractivity contribution in [3.05, 3.63) is 30.0 Å². The van der Waals surface area contributed by atoms with Gasteiger partial charge in [0, 0.05) is 18.5 Å². The summed E-state index contributed by atoms with van der Waals surface area (Å²) in [5, 5.41) is 11.2. The average molecular weight is 300 g/mol. The number of benzene rings is 1. The smallest absolute Gasteiger partial charge is 0.254 e. The van der Waals surface area contributed by atoms with Crippen molar-refractivity contribution < 1.29 is 9.53 Å². The van der Waals surface area contributed by atoms with Gasteiger partial charge in [-0.1, -0.05) is 6.07 Å². The summed E-state index contributed by atoms with van der Waals surface area (Å²) >= 11 is 0. The van der Waals surface area contributed by atoms with Crippen LogP contribution in [0, 0.1) is 0 Å². The molecular formula is C16H20N4O2. The van der Waals surface area contributed by atoms with Crippen molar-refractivity contribution in [2.75, 3.05) is 26.2 Å². The Morgan fingerprint density at radius 2 is 2.41 bits per heavy atom. The summed E-state index contributed by atoms with van der Waals surface area (Å²) in [5.41, 5.74) is 1.38. The number of hydrogen-bond acceptors (Lipinski definition) is 4. The number of aromatic amines is 1. The fourth-order valence-electron chi connectivity index (χ4n) is 3.66. The number of aromatic nitrogens is 2. The molecule has 0 radical (unpaired) electrons. The Kier molecular flexibility index (Phi) is 3.16. The van der Waals surface area contributed by atoms with Gasteiger partial charge in [0.2, 0.25) is 0 Å². The number of amides is 1. The van der Waals surface area contributed by atoms with E-state index in [1.165, 1.54) is 0 Å². The molecule has 1 amide bonds. The van der Waals surface area contributed by atoms with E-state index in [2.05, 4.69) is 15.5 Å². The van der Waals surface area contributed by atoms with Crippen LogP contribution in [0.4, 0.5) is 0 Å². The Morgan fingerprint density at radius 3 is 3.23 bits per heavy atom. The topological polar surface area (TPSA) is 70.2 Å². The van der Waals surface area contributed by atoms with Crippen LogP contribution in [0.1, 0.15) is 23.7 Å². The third-order valence-electron chi connectivity index (χ3n) is 4.61. The van der Waals surface area contributed by atoms with Gasteiger partial charge in [0.05, 0.1) is 35.5 Å². The first-order chi connectivity index (χ1) is 10.7. The molecule has 2 aliphatic rings. The molecule has 0 aliphatic carbocycles. The van der Waals surface area contributed by atoms with Crippen molar-refractivity contribution >= 4 is 16.8 Å². The van der Waals surface area contributed by atoms with Crippen LogP contribution >= 0.6 is 0 Å². The molecule has 1 aromatic heterocycles. The van der Waals surface area contributed by atoms with Gasteiger partial charge in [-0.2, -0.15) is 5.10 Å². The highest BCUT2D eigenvalue weighted by atomic mass is 16.5. The Balaban J connectivity index is 1.65. The Morgan fingerprint density at radius 1 is 1.50 bits per heavy atom. The van der Waals surface area contributed by atoms with E-state index in [1.807, 2.05) is 30.0 Å². The van der Waals surface area contributed by atoms with Crippen molar-refractivity contribution in [3.8, 4) is 0 Å². The van der Waals surface area contributed by atoms with E-state index in [1.54, 1.807) is 6.20 Å². The maximum absolute atomic E-state index is 13.0. The second-order valence-electron chi connectivity index (χ2n) is 6.36. The first-order valence-electron chi connectivity index (χ1n) is 7.77. The van der Waals surface area contributed by atoms with Gasteiger partial charge in [-0.3, -0.25) is 9.89 Å². The largest absolute Gasteiger partial charge is 0.367 e. The highest BCUT2D eigenvalue weighted by Crippen LogP contribution is 2.29. The molecule has 2 atom stereocenters. The van der Waals surface area contributed by atoms with E-state index < -0.39 is 0 Å². The lowest BCUT2D eigenvalue weighted by atomic mass is 9.98. The number of carbonyl (C=O) groups is 1. The first-order valence-corrected chi connectivity index (χ1v) is 7.77. The Hall–Kier alpha value is -1.92. The predicted molar refractivity (Wildman–Crippen MR) is 82.8 cm³/mol. The molecule has 0 saturated carbocycles. The molecule has 2 saturated heterocycles. The van der Waals surface area contributed by atoms with Gasteiger partial charge >= 0.3 is 0 Å². The molecular weight excluding hydrogens is 280 g/mol. The summed E-state index contributed by atoms with van der Waals surface area (Å²) in [6, 6.07) is 5.70. The number of hydrogen-bond donors (Lipinski definition) is 2. The van der Waals surface area contributed by atoms with Gasteiger partial charge in [0.15, 0.2) is 0 Å². The SMILES string of the molecule is CC1CN(C(=O)c2cccc3[nH]ncc23)CC2(CCNC2)O1. The number of ether oxygens (including phenoxy) is 1. The molecule has 6 nitrogen and oxygen atoms in total. The average Bonchev–Trinajstić information content (AvgIpc) is 3.14. The fourth-order valence-corrected chi connectivity index (χ4v) is 3.66. The summed E-state index contributed by atoms with van der Waals surface area (Å²) in [6.45, 7) is 5.09. The van der Waals surface area contributed by atoms with Crippen LogP contribution in [0.15, 0.2) is 24.4 Å². The normalized spacial score (nSPS) is 28.6. The summed E-state index contributed by atoms with van der Waals surface area (Å²) in [4.78, 5) is 14.9. The van der Waals surface area contributed by atoms with Crippen LogP contribution in [0.3, 0.4) is 0 Å². The maximum Gasteiger partial charge on any atom is 0.254 e. The van der Waals surface area contributed by atoms with Gasteiger partial charge in [-0.15, -0.1) is 0 Å². The van der Waals surface area contributed by atoms with Gasteiger partial charge < -0.3 is 15.0 Å². The van der Waals surface area contributed by atoms with Gasteiger partial charge in [-0.05, 0) is 32.0 Å². The third kappa shape index (κ3) is 2.19. The first kappa shape index (κ1) is 13.7. The quantitative estimate of drug-likeness (QED) is 0.829. The van der Waals surface area contributed by atoms with E-state index in [0.29, 0.717) is 18.7 Å². The van der Waals surface area contributed by atoms with Crippen LogP contribution < -0.4 is 5.32 Å². The summed E-state index contributed by atoms with van der Waals surface area (Å²) < 4.78 is 6.15. The van der Waals surface area contributed by atoms with Crippen molar-refractivity contribution in [2.45, 2.75) is 25.0 Å². The number of morpholine rings is 1. The van der Waals surface area contributed by atoms with E-state index in [-0.39, 0.29) is 17.6 Å². The molecule has 2 aromatic rings. The predicted octanol–water partition coefficient (Wildman–Crippen LogP) is 1.16. The van der Waals surface area contributed by atoms with Crippen molar-refractivity contribution in [3.63, 3.8) is 0 Å². The molecule has 0 bridgehead atoms.